The van der Waals surface area contributed by atoms with E-state index >= 15 is 0 Å². The van der Waals surface area contributed by atoms with Gasteiger partial charge >= 0.3 is 5.97 Å². The summed E-state index contributed by atoms with van der Waals surface area (Å²) in [5, 5.41) is 0. The van der Waals surface area contributed by atoms with Crippen molar-refractivity contribution in [2.24, 2.45) is 4.99 Å². The third-order valence-electron chi connectivity index (χ3n) is 3.48. The number of aliphatic imine (C=N–C) groups is 1. The van der Waals surface area contributed by atoms with Crippen molar-refractivity contribution in [2.45, 2.75) is 0 Å². The first-order valence-electron chi connectivity index (χ1n) is 7.02. The summed E-state index contributed by atoms with van der Waals surface area (Å²) in [5.74, 6) is -11.4. The van der Waals surface area contributed by atoms with Crippen LogP contribution >= 0.6 is 0 Å². The normalized spacial score (nSPS) is 15.2. The summed E-state index contributed by atoms with van der Waals surface area (Å²) in [6, 6.07) is 6.12. The molecule has 4 nitrogen and oxygen atoms in total. The van der Waals surface area contributed by atoms with Gasteiger partial charge in [-0.15, -0.1) is 0 Å². The third-order valence-corrected chi connectivity index (χ3v) is 3.48. The van der Waals surface area contributed by atoms with Crippen molar-refractivity contribution in [3.05, 3.63) is 70.2 Å². The lowest BCUT2D eigenvalue weighted by atomic mass is 10.1. The lowest BCUT2D eigenvalue weighted by molar-refractivity contribution is -0.129. The molecule has 0 saturated heterocycles. The molecule has 0 bridgehead atoms. The first kappa shape index (κ1) is 17.6. The molecule has 26 heavy (non-hydrogen) atoms. The molecule has 2 aromatic rings. The summed E-state index contributed by atoms with van der Waals surface area (Å²) in [6.07, 6.45) is 0.440. The van der Waals surface area contributed by atoms with E-state index in [1.807, 2.05) is 0 Å². The van der Waals surface area contributed by atoms with Crippen LogP contribution in [-0.4, -0.2) is 19.0 Å². The van der Waals surface area contributed by atoms with E-state index in [9.17, 15) is 26.7 Å². The molecule has 0 N–H and O–H groups in total. The van der Waals surface area contributed by atoms with Gasteiger partial charge in [0.25, 0.3) is 0 Å². The number of carbonyl (C=O) groups excluding carboxylic acids is 1. The summed E-state index contributed by atoms with van der Waals surface area (Å²) in [4.78, 5) is 15.6. The molecule has 0 spiro atoms. The molecule has 0 aromatic heterocycles. The minimum absolute atomic E-state index is 0.187. The van der Waals surface area contributed by atoms with Gasteiger partial charge in [-0.2, -0.15) is 0 Å². The highest BCUT2D eigenvalue weighted by Crippen LogP contribution is 2.27. The van der Waals surface area contributed by atoms with E-state index in [0.717, 1.165) is 0 Å². The van der Waals surface area contributed by atoms with Crippen molar-refractivity contribution in [3.63, 3.8) is 0 Å². The predicted octanol–water partition coefficient (Wildman–Crippen LogP) is 3.74. The average Bonchev–Trinajstić information content (AvgIpc) is 3.02. The molecule has 0 unspecified atom stereocenters. The van der Waals surface area contributed by atoms with E-state index in [2.05, 4.69) is 4.99 Å². The minimum Gasteiger partial charge on any atom is -0.497 e. The van der Waals surface area contributed by atoms with Crippen LogP contribution in [-0.2, 0) is 9.53 Å². The minimum atomic E-state index is -2.29. The van der Waals surface area contributed by atoms with E-state index in [4.69, 9.17) is 9.47 Å². The Bertz CT molecular complexity index is 938. The summed E-state index contributed by atoms with van der Waals surface area (Å²) in [7, 11) is 1.45. The van der Waals surface area contributed by atoms with E-state index in [-0.39, 0.29) is 5.90 Å². The number of esters is 1. The van der Waals surface area contributed by atoms with Gasteiger partial charge in [0.2, 0.25) is 11.7 Å². The molecule has 134 valence electrons. The van der Waals surface area contributed by atoms with Crippen LogP contribution in [0.15, 0.2) is 35.0 Å². The number of rotatable bonds is 3. The molecular formula is C17H8F5NO3. The van der Waals surface area contributed by atoms with E-state index in [0.29, 0.717) is 17.4 Å². The van der Waals surface area contributed by atoms with Crippen LogP contribution in [0.1, 0.15) is 11.1 Å². The Morgan fingerprint density at radius 3 is 2.00 bits per heavy atom. The maximum Gasteiger partial charge on any atom is 0.363 e. The second-order valence-electron chi connectivity index (χ2n) is 5.05. The number of hydrogen-bond donors (Lipinski definition) is 0. The predicted molar refractivity (Wildman–Crippen MR) is 79.8 cm³/mol. The largest absolute Gasteiger partial charge is 0.497 e. The molecule has 0 atom stereocenters. The highest BCUT2D eigenvalue weighted by Gasteiger charge is 2.29. The van der Waals surface area contributed by atoms with Crippen LogP contribution in [0, 0.1) is 29.1 Å². The van der Waals surface area contributed by atoms with E-state index < -0.39 is 46.3 Å². The molecule has 0 aliphatic carbocycles. The monoisotopic (exact) mass is 369 g/mol. The fraction of sp³-hybridized carbons (Fsp3) is 0.0588. The van der Waals surface area contributed by atoms with Gasteiger partial charge in [-0.05, 0) is 30.3 Å². The second kappa shape index (κ2) is 6.58. The number of ether oxygens (including phenoxy) is 2. The first-order valence-corrected chi connectivity index (χ1v) is 7.02. The molecule has 0 radical (unpaired) electrons. The zero-order valence-corrected chi connectivity index (χ0v) is 12.9. The number of hydrogen-bond acceptors (Lipinski definition) is 4. The fourth-order valence-corrected chi connectivity index (χ4v) is 2.15. The van der Waals surface area contributed by atoms with Gasteiger partial charge in [-0.1, -0.05) is 0 Å². The van der Waals surface area contributed by atoms with Crippen LogP contribution in [0.3, 0.4) is 0 Å². The number of cyclic esters (lactones) is 1. The van der Waals surface area contributed by atoms with Crippen molar-refractivity contribution in [1.29, 1.82) is 0 Å². The van der Waals surface area contributed by atoms with Gasteiger partial charge in [0.05, 0.1) is 12.7 Å². The molecule has 0 amide bonds. The van der Waals surface area contributed by atoms with Crippen molar-refractivity contribution in [1.82, 2.24) is 0 Å². The fourth-order valence-electron chi connectivity index (χ4n) is 2.15. The number of nitrogens with zero attached hydrogens (tertiary/aromatic N) is 1. The summed E-state index contributed by atoms with van der Waals surface area (Å²) >= 11 is 0. The Morgan fingerprint density at radius 2 is 1.46 bits per heavy atom. The maximum atomic E-state index is 13.7. The molecule has 0 fully saturated rings. The molecule has 2 aromatic carbocycles. The van der Waals surface area contributed by atoms with Crippen molar-refractivity contribution in [2.75, 3.05) is 7.11 Å². The molecule has 9 heteroatoms. The van der Waals surface area contributed by atoms with Crippen molar-refractivity contribution >= 4 is 17.9 Å². The molecule has 0 saturated carbocycles. The number of halogens is 5. The Kier molecular flexibility index (Phi) is 4.45. The van der Waals surface area contributed by atoms with Gasteiger partial charge in [0.1, 0.15) is 5.75 Å². The molecule has 1 aliphatic heterocycles. The molecular weight excluding hydrogens is 361 g/mol. The highest BCUT2D eigenvalue weighted by molar-refractivity contribution is 6.12. The lowest BCUT2D eigenvalue weighted by Crippen LogP contribution is -2.06. The van der Waals surface area contributed by atoms with Crippen LogP contribution in [0.4, 0.5) is 22.0 Å². The third kappa shape index (κ3) is 2.92. The lowest BCUT2D eigenvalue weighted by Gasteiger charge is -2.04. The standard InChI is InChI=1S/C17H8F5NO3/c1-25-8-4-2-7(3-5-8)16-23-10(17(24)26-16)6-9-11(18)13(20)15(22)14(21)12(9)19/h2-6H,1H3. The molecule has 1 heterocycles. The highest BCUT2D eigenvalue weighted by atomic mass is 19.2. The Hall–Kier alpha value is -3.23. The van der Waals surface area contributed by atoms with Gasteiger partial charge in [-0.3, -0.25) is 0 Å². The van der Waals surface area contributed by atoms with Gasteiger partial charge in [0, 0.05) is 5.56 Å². The van der Waals surface area contributed by atoms with Crippen molar-refractivity contribution in [3.8, 4) is 5.75 Å². The summed E-state index contributed by atoms with van der Waals surface area (Å²) < 4.78 is 76.8. The first-order chi connectivity index (χ1) is 12.3. The quantitative estimate of drug-likeness (QED) is 0.272. The zero-order valence-electron chi connectivity index (χ0n) is 12.9. The smallest absolute Gasteiger partial charge is 0.363 e. The van der Waals surface area contributed by atoms with Gasteiger partial charge < -0.3 is 9.47 Å². The summed E-state index contributed by atoms with van der Waals surface area (Å²) in [5.41, 5.74) is -1.55. The summed E-state index contributed by atoms with van der Waals surface area (Å²) in [6.45, 7) is 0. The Morgan fingerprint density at radius 1 is 0.923 bits per heavy atom. The second-order valence-corrected chi connectivity index (χ2v) is 5.05. The average molecular weight is 369 g/mol. The van der Waals surface area contributed by atoms with E-state index in [1.54, 1.807) is 12.1 Å². The number of methoxy groups -OCH3 is 1. The molecule has 3 rings (SSSR count). The van der Waals surface area contributed by atoms with E-state index in [1.165, 1.54) is 19.2 Å². The Labute approximate surface area is 143 Å². The maximum absolute atomic E-state index is 13.7. The van der Waals surface area contributed by atoms with Gasteiger partial charge in [0.15, 0.2) is 29.0 Å². The SMILES string of the molecule is COc1ccc(C2=NC(=Cc3c(F)c(F)c(F)c(F)c3F)C(=O)O2)cc1. The molecule has 1 aliphatic rings. The van der Waals surface area contributed by atoms with Crippen molar-refractivity contribution < 1.29 is 36.2 Å². The zero-order chi connectivity index (χ0) is 19.0. The van der Waals surface area contributed by atoms with Crippen LogP contribution < -0.4 is 4.74 Å². The number of carbonyl (C=O) groups is 1. The van der Waals surface area contributed by atoms with Crippen LogP contribution in [0.25, 0.3) is 6.08 Å². The van der Waals surface area contributed by atoms with Crippen LogP contribution in [0.2, 0.25) is 0 Å². The van der Waals surface area contributed by atoms with Gasteiger partial charge in [-0.25, -0.2) is 31.7 Å². The Balaban J connectivity index is 2.04. The topological polar surface area (TPSA) is 47.9 Å². The van der Waals surface area contributed by atoms with Crippen LogP contribution in [0.5, 0.6) is 5.75 Å². The number of benzene rings is 2.